The largest absolute Gasteiger partial charge is 0.449 e. The molecule has 6 heteroatoms. The van der Waals surface area contributed by atoms with Crippen LogP contribution in [0.25, 0.3) is 0 Å². The zero-order valence-corrected chi connectivity index (χ0v) is 13.1. The maximum Gasteiger partial charge on any atom is 0.191 e. The summed E-state index contributed by atoms with van der Waals surface area (Å²) in [5, 5.41) is 8.73. The molecule has 116 valence electrons. The van der Waals surface area contributed by atoms with Gasteiger partial charge >= 0.3 is 0 Å². The summed E-state index contributed by atoms with van der Waals surface area (Å²) in [4.78, 5) is 8.95. The third-order valence-corrected chi connectivity index (χ3v) is 4.55. The van der Waals surface area contributed by atoms with Gasteiger partial charge in [0, 0.05) is 38.5 Å². The Hall–Kier alpha value is -1.95. The lowest BCUT2D eigenvalue weighted by molar-refractivity contribution is 0.194. The Kier molecular flexibility index (Phi) is 3.33. The summed E-state index contributed by atoms with van der Waals surface area (Å²) in [6.07, 6.45) is 4.28. The Morgan fingerprint density at radius 3 is 2.68 bits per heavy atom. The number of oxazole rings is 1. The zero-order chi connectivity index (χ0) is 15.1. The van der Waals surface area contributed by atoms with Crippen LogP contribution in [-0.2, 0) is 6.54 Å². The Morgan fingerprint density at radius 1 is 1.27 bits per heavy atom. The molecule has 0 N–H and O–H groups in total. The highest BCUT2D eigenvalue weighted by molar-refractivity contribution is 5.42. The van der Waals surface area contributed by atoms with Gasteiger partial charge in [-0.25, -0.2) is 4.98 Å². The highest BCUT2D eigenvalue weighted by Gasteiger charge is 2.32. The number of hydrogen-bond donors (Lipinski definition) is 0. The first-order chi connectivity index (χ1) is 10.7. The molecule has 6 nitrogen and oxygen atoms in total. The van der Waals surface area contributed by atoms with Crippen LogP contribution >= 0.6 is 0 Å². The molecular weight excluding hydrogens is 278 g/mol. The first kappa shape index (κ1) is 13.7. The minimum absolute atomic E-state index is 0.530. The monoisotopic (exact) mass is 299 g/mol. The van der Waals surface area contributed by atoms with Crippen LogP contribution in [0.2, 0.25) is 0 Å². The van der Waals surface area contributed by atoms with Gasteiger partial charge in [0.1, 0.15) is 6.26 Å². The van der Waals surface area contributed by atoms with E-state index in [4.69, 9.17) is 4.42 Å². The third kappa shape index (κ3) is 2.70. The van der Waals surface area contributed by atoms with E-state index in [1.54, 1.807) is 6.26 Å². The molecule has 2 fully saturated rings. The summed E-state index contributed by atoms with van der Waals surface area (Å²) in [5.41, 5.74) is 2.14. The number of nitrogens with zero attached hydrogens (tertiary/aromatic N) is 5. The normalized spacial score (nSPS) is 18.8. The van der Waals surface area contributed by atoms with Crippen LogP contribution in [0.4, 0.5) is 5.82 Å². The quantitative estimate of drug-likeness (QED) is 0.841. The summed E-state index contributed by atoms with van der Waals surface area (Å²) < 4.78 is 5.26. The lowest BCUT2D eigenvalue weighted by atomic mass is 10.1. The highest BCUT2D eigenvalue weighted by atomic mass is 16.3. The number of aromatic nitrogens is 3. The lowest BCUT2D eigenvalue weighted by Gasteiger charge is -2.44. The van der Waals surface area contributed by atoms with Gasteiger partial charge < -0.3 is 9.32 Å². The Labute approximate surface area is 130 Å². The van der Waals surface area contributed by atoms with Crippen LogP contribution in [0, 0.1) is 6.92 Å². The van der Waals surface area contributed by atoms with E-state index in [2.05, 4.69) is 44.2 Å². The molecule has 2 aliphatic rings. The van der Waals surface area contributed by atoms with Crippen molar-refractivity contribution < 1.29 is 4.42 Å². The van der Waals surface area contributed by atoms with Gasteiger partial charge in [-0.1, -0.05) is 0 Å². The van der Waals surface area contributed by atoms with Crippen molar-refractivity contribution in [3.63, 3.8) is 0 Å². The molecule has 3 heterocycles. The molecule has 1 saturated carbocycles. The van der Waals surface area contributed by atoms with Crippen LogP contribution in [0.1, 0.15) is 36.0 Å². The second-order valence-electron chi connectivity index (χ2n) is 6.42. The predicted octanol–water partition coefficient (Wildman–Crippen LogP) is 1.97. The van der Waals surface area contributed by atoms with Crippen LogP contribution in [-0.4, -0.2) is 46.3 Å². The van der Waals surface area contributed by atoms with Crippen molar-refractivity contribution in [1.82, 2.24) is 20.1 Å². The summed E-state index contributed by atoms with van der Waals surface area (Å²) in [5.74, 6) is 2.39. The minimum Gasteiger partial charge on any atom is -0.449 e. The van der Waals surface area contributed by atoms with E-state index in [9.17, 15) is 0 Å². The van der Waals surface area contributed by atoms with E-state index in [0.29, 0.717) is 12.0 Å². The molecule has 1 aliphatic carbocycles. The molecule has 2 aromatic heterocycles. The minimum atomic E-state index is 0.530. The first-order valence-corrected chi connectivity index (χ1v) is 7.89. The van der Waals surface area contributed by atoms with Crippen molar-refractivity contribution >= 4 is 5.82 Å². The second-order valence-corrected chi connectivity index (χ2v) is 6.42. The molecular formula is C16H21N5O. The highest BCUT2D eigenvalue weighted by Crippen LogP contribution is 2.38. The van der Waals surface area contributed by atoms with Crippen molar-refractivity contribution in [2.75, 3.05) is 25.0 Å². The van der Waals surface area contributed by atoms with Crippen LogP contribution in [0.3, 0.4) is 0 Å². The summed E-state index contributed by atoms with van der Waals surface area (Å²) in [6.45, 7) is 4.68. The van der Waals surface area contributed by atoms with Gasteiger partial charge in [0.2, 0.25) is 0 Å². The topological polar surface area (TPSA) is 58.3 Å². The Balaban J connectivity index is 1.31. The first-order valence-electron chi connectivity index (χ1n) is 7.89. The molecule has 1 saturated heterocycles. The van der Waals surface area contributed by atoms with Crippen LogP contribution in [0.15, 0.2) is 22.8 Å². The van der Waals surface area contributed by atoms with E-state index in [1.165, 1.54) is 12.8 Å². The average Bonchev–Trinajstić information content (AvgIpc) is 3.22. The number of likely N-dealkylation sites (N-methyl/N-ethyl adjacent to an activating group) is 1. The summed E-state index contributed by atoms with van der Waals surface area (Å²) >= 11 is 0. The third-order valence-electron chi connectivity index (χ3n) is 4.55. The number of rotatable bonds is 5. The van der Waals surface area contributed by atoms with E-state index in [-0.39, 0.29) is 0 Å². The maximum atomic E-state index is 5.26. The molecule has 4 rings (SSSR count). The fourth-order valence-electron chi connectivity index (χ4n) is 2.89. The standard InChI is InChI=1S/C16H21N5O/c1-11-17-13(10-22-11)7-20(2)14-8-21(9-14)16-6-5-15(18-19-16)12-3-4-12/h5-6,10,12,14H,3-4,7-9H2,1-2H3. The molecule has 0 spiro atoms. The van der Waals surface area contributed by atoms with E-state index >= 15 is 0 Å². The SMILES string of the molecule is Cc1nc(CN(C)C2CN(c3ccc(C4CC4)nn3)C2)co1. The maximum absolute atomic E-state index is 5.26. The number of hydrogen-bond acceptors (Lipinski definition) is 6. The van der Waals surface area contributed by atoms with Gasteiger partial charge in [0.05, 0.1) is 11.4 Å². The van der Waals surface area contributed by atoms with Crippen molar-refractivity contribution in [3.05, 3.63) is 35.7 Å². The van der Waals surface area contributed by atoms with E-state index in [1.807, 2.05) is 6.92 Å². The van der Waals surface area contributed by atoms with Gasteiger partial charge in [0.15, 0.2) is 11.7 Å². The predicted molar refractivity (Wildman–Crippen MR) is 82.7 cm³/mol. The lowest BCUT2D eigenvalue weighted by Crippen LogP contribution is -2.58. The number of aryl methyl sites for hydroxylation is 1. The molecule has 0 unspecified atom stereocenters. The van der Waals surface area contributed by atoms with Gasteiger partial charge in [-0.05, 0) is 32.0 Å². The van der Waals surface area contributed by atoms with Gasteiger partial charge in [0.25, 0.3) is 0 Å². The van der Waals surface area contributed by atoms with Crippen LogP contribution in [0.5, 0.6) is 0 Å². The molecule has 0 radical (unpaired) electrons. The Morgan fingerprint density at radius 2 is 2.09 bits per heavy atom. The molecule has 0 aromatic carbocycles. The summed E-state index contributed by atoms with van der Waals surface area (Å²) in [6, 6.07) is 4.77. The van der Waals surface area contributed by atoms with Crippen LogP contribution < -0.4 is 4.90 Å². The van der Waals surface area contributed by atoms with Crippen molar-refractivity contribution in [1.29, 1.82) is 0 Å². The average molecular weight is 299 g/mol. The van der Waals surface area contributed by atoms with Crippen molar-refractivity contribution in [2.45, 2.75) is 38.3 Å². The second kappa shape index (κ2) is 5.35. The molecule has 22 heavy (non-hydrogen) atoms. The zero-order valence-electron chi connectivity index (χ0n) is 13.1. The van der Waals surface area contributed by atoms with Gasteiger partial charge in [-0.2, -0.15) is 5.10 Å². The molecule has 1 aliphatic heterocycles. The molecule has 2 aromatic rings. The number of anilines is 1. The molecule has 0 bridgehead atoms. The van der Waals surface area contributed by atoms with Crippen molar-refractivity contribution in [2.24, 2.45) is 0 Å². The smallest absolute Gasteiger partial charge is 0.191 e. The fraction of sp³-hybridized carbons (Fsp3) is 0.562. The molecule has 0 amide bonds. The van der Waals surface area contributed by atoms with E-state index < -0.39 is 0 Å². The fourth-order valence-corrected chi connectivity index (χ4v) is 2.89. The van der Waals surface area contributed by atoms with Gasteiger partial charge in [-0.3, -0.25) is 4.90 Å². The Bertz CT molecular complexity index is 643. The van der Waals surface area contributed by atoms with E-state index in [0.717, 1.165) is 42.7 Å². The van der Waals surface area contributed by atoms with Crippen molar-refractivity contribution in [3.8, 4) is 0 Å². The molecule has 0 atom stereocenters. The summed E-state index contributed by atoms with van der Waals surface area (Å²) in [7, 11) is 2.13. The van der Waals surface area contributed by atoms with Gasteiger partial charge in [-0.15, -0.1) is 5.10 Å².